The van der Waals surface area contributed by atoms with Crippen molar-refractivity contribution in [3.63, 3.8) is 0 Å². The van der Waals surface area contributed by atoms with Crippen LogP contribution in [0.2, 0.25) is 0 Å². The van der Waals surface area contributed by atoms with Crippen molar-refractivity contribution < 1.29 is 9.53 Å². The molecule has 2 saturated carbocycles. The summed E-state index contributed by atoms with van der Waals surface area (Å²) in [4.78, 5) is 45.9. The summed E-state index contributed by atoms with van der Waals surface area (Å²) in [6.07, 6.45) is 4.91. The van der Waals surface area contributed by atoms with Gasteiger partial charge in [0, 0.05) is 49.8 Å². The molecular formula is C32H34N8O3. The fourth-order valence-corrected chi connectivity index (χ4v) is 6.15. The zero-order chi connectivity index (χ0) is 30.1. The average Bonchev–Trinajstić information content (AvgIpc) is 3.91. The number of aromatic nitrogens is 5. The number of benzene rings is 1. The molecule has 43 heavy (non-hydrogen) atoms. The molecule has 4 heterocycles. The van der Waals surface area contributed by atoms with E-state index in [4.69, 9.17) is 21.3 Å². The maximum atomic E-state index is 13.3. The van der Waals surface area contributed by atoms with E-state index in [1.54, 1.807) is 20.5 Å². The molecular weight excluding hydrogens is 544 g/mol. The third kappa shape index (κ3) is 4.61. The number of nitrogens with zero attached hydrogens (tertiary/aromatic N) is 7. The molecule has 1 aromatic carbocycles. The molecule has 2 fully saturated rings. The van der Waals surface area contributed by atoms with Crippen LogP contribution in [-0.4, -0.2) is 47.5 Å². The number of fused-ring (bicyclic) bond motifs is 3. The van der Waals surface area contributed by atoms with Crippen molar-refractivity contribution in [2.45, 2.75) is 83.0 Å². The Morgan fingerprint density at radius 1 is 1.14 bits per heavy atom. The quantitative estimate of drug-likeness (QED) is 0.314. The Hall–Kier alpha value is -4.72. The topological polar surface area (TPSA) is 112 Å². The van der Waals surface area contributed by atoms with Crippen molar-refractivity contribution in [2.24, 2.45) is 0 Å². The van der Waals surface area contributed by atoms with Gasteiger partial charge in [-0.15, -0.1) is 0 Å². The summed E-state index contributed by atoms with van der Waals surface area (Å²) in [6.45, 7) is 16.7. The molecule has 4 aromatic rings. The summed E-state index contributed by atoms with van der Waals surface area (Å²) in [5.74, 6) is 0.878. The molecule has 0 atom stereocenters. The van der Waals surface area contributed by atoms with Gasteiger partial charge in [0.1, 0.15) is 16.7 Å². The average molecular weight is 579 g/mol. The van der Waals surface area contributed by atoms with Crippen molar-refractivity contribution >= 4 is 28.8 Å². The minimum atomic E-state index is -0.567. The van der Waals surface area contributed by atoms with E-state index in [0.29, 0.717) is 48.1 Å². The SMILES string of the molecule is [C-]#[N+]C1(c2cccc(-n3c4nc(Nc5ccc6c(c5)CN(C(=O)OC(C)(C)C)CC65CC5)ncc4c(=O)n3CC)n2)CC1. The van der Waals surface area contributed by atoms with E-state index in [0.717, 1.165) is 36.9 Å². The predicted molar refractivity (Wildman–Crippen MR) is 161 cm³/mol. The summed E-state index contributed by atoms with van der Waals surface area (Å²) >= 11 is 0. The van der Waals surface area contributed by atoms with Gasteiger partial charge in [-0.2, -0.15) is 4.98 Å². The minimum absolute atomic E-state index is 0.00854. The molecule has 220 valence electrons. The van der Waals surface area contributed by atoms with E-state index in [9.17, 15) is 9.59 Å². The van der Waals surface area contributed by atoms with Gasteiger partial charge < -0.3 is 19.8 Å². The third-order valence-corrected chi connectivity index (χ3v) is 8.63. The second-order valence-electron chi connectivity index (χ2n) is 12.9. The van der Waals surface area contributed by atoms with E-state index in [-0.39, 0.29) is 17.1 Å². The first-order valence-electron chi connectivity index (χ1n) is 14.8. The Morgan fingerprint density at radius 2 is 1.93 bits per heavy atom. The van der Waals surface area contributed by atoms with Gasteiger partial charge in [0.2, 0.25) is 5.95 Å². The van der Waals surface area contributed by atoms with Crippen LogP contribution in [0.25, 0.3) is 21.7 Å². The van der Waals surface area contributed by atoms with Gasteiger partial charge in [0.15, 0.2) is 11.5 Å². The maximum absolute atomic E-state index is 13.3. The van der Waals surface area contributed by atoms with Gasteiger partial charge in [-0.1, -0.05) is 12.1 Å². The molecule has 0 saturated heterocycles. The zero-order valence-corrected chi connectivity index (χ0v) is 24.8. The van der Waals surface area contributed by atoms with Crippen molar-refractivity contribution in [3.05, 3.63) is 81.2 Å². The standard InChI is InChI=1S/C32H34N8O3/c1-6-39-27(41)22-17-34-28(37-26(22)40(39)25-9-7-8-24(36-25)32(33-5)14-15-32)35-21-10-11-23-20(16-21)18-38(19-31(23)12-13-31)29(42)43-30(2,3)4/h7-11,16-17H,6,12-15,18-19H2,1-4H3,(H,34,35,37). The van der Waals surface area contributed by atoms with Crippen molar-refractivity contribution in [3.8, 4) is 5.82 Å². The first-order valence-corrected chi connectivity index (χ1v) is 14.8. The first kappa shape index (κ1) is 27.1. The summed E-state index contributed by atoms with van der Waals surface area (Å²) in [5.41, 5.74) is 2.96. The molecule has 0 bridgehead atoms. The van der Waals surface area contributed by atoms with E-state index in [1.807, 2.05) is 58.0 Å². The Kier molecular flexibility index (Phi) is 5.93. The maximum Gasteiger partial charge on any atom is 0.410 e. The normalized spacial score (nSPS) is 17.8. The lowest BCUT2D eigenvalue weighted by molar-refractivity contribution is 0.0197. The second kappa shape index (κ2) is 9.39. The number of anilines is 2. The van der Waals surface area contributed by atoms with Crippen molar-refractivity contribution in [2.75, 3.05) is 11.9 Å². The molecule has 0 unspecified atom stereocenters. The van der Waals surface area contributed by atoms with Crippen LogP contribution in [0.1, 0.15) is 70.2 Å². The Morgan fingerprint density at radius 3 is 2.60 bits per heavy atom. The zero-order valence-electron chi connectivity index (χ0n) is 24.8. The number of rotatable bonds is 5. The molecule has 2 aliphatic carbocycles. The summed E-state index contributed by atoms with van der Waals surface area (Å²) in [6, 6.07) is 11.8. The van der Waals surface area contributed by atoms with Gasteiger partial charge in [0.25, 0.3) is 11.1 Å². The Bertz CT molecular complexity index is 1890. The van der Waals surface area contributed by atoms with Crippen LogP contribution in [0, 0.1) is 6.57 Å². The number of ether oxygens (including phenoxy) is 1. The lowest BCUT2D eigenvalue weighted by atomic mass is 9.87. The van der Waals surface area contributed by atoms with Crippen LogP contribution >= 0.6 is 0 Å². The number of hydrogen-bond donors (Lipinski definition) is 1. The highest BCUT2D eigenvalue weighted by Gasteiger charge is 2.54. The monoisotopic (exact) mass is 578 g/mol. The van der Waals surface area contributed by atoms with Crippen LogP contribution in [0.3, 0.4) is 0 Å². The highest BCUT2D eigenvalue weighted by Crippen LogP contribution is 2.53. The summed E-state index contributed by atoms with van der Waals surface area (Å²) in [7, 11) is 0. The largest absolute Gasteiger partial charge is 0.444 e. The van der Waals surface area contributed by atoms with Crippen LogP contribution in [0.5, 0.6) is 0 Å². The molecule has 1 spiro atoms. The number of nitrogens with one attached hydrogen (secondary N) is 1. The second-order valence-corrected chi connectivity index (χ2v) is 12.9. The van der Waals surface area contributed by atoms with Crippen LogP contribution < -0.4 is 10.9 Å². The van der Waals surface area contributed by atoms with Crippen LogP contribution in [-0.2, 0) is 28.8 Å². The Balaban J connectivity index is 1.23. The molecule has 1 aliphatic heterocycles. The van der Waals surface area contributed by atoms with E-state index in [2.05, 4.69) is 21.2 Å². The molecule has 3 aliphatic rings. The Labute approximate surface area is 249 Å². The molecule has 7 rings (SSSR count). The molecule has 3 aromatic heterocycles. The number of carbonyl (C=O) groups is 1. The van der Waals surface area contributed by atoms with Gasteiger partial charge in [-0.05, 0) is 75.9 Å². The molecule has 1 amide bonds. The molecule has 11 nitrogen and oxygen atoms in total. The third-order valence-electron chi connectivity index (χ3n) is 8.63. The highest BCUT2D eigenvalue weighted by molar-refractivity contribution is 5.77. The smallest absolute Gasteiger partial charge is 0.410 e. The minimum Gasteiger partial charge on any atom is -0.444 e. The van der Waals surface area contributed by atoms with Crippen molar-refractivity contribution in [1.29, 1.82) is 0 Å². The fourth-order valence-electron chi connectivity index (χ4n) is 6.15. The molecule has 11 heteroatoms. The summed E-state index contributed by atoms with van der Waals surface area (Å²) in [5, 5.41) is 3.70. The number of hydrogen-bond acceptors (Lipinski definition) is 7. The van der Waals surface area contributed by atoms with Crippen LogP contribution in [0.15, 0.2) is 47.4 Å². The van der Waals surface area contributed by atoms with Gasteiger partial charge in [0.05, 0.1) is 0 Å². The predicted octanol–water partition coefficient (Wildman–Crippen LogP) is 5.43. The lowest BCUT2D eigenvalue weighted by Gasteiger charge is -2.36. The summed E-state index contributed by atoms with van der Waals surface area (Å²) < 4.78 is 8.99. The molecule has 1 N–H and O–H groups in total. The highest BCUT2D eigenvalue weighted by atomic mass is 16.6. The van der Waals surface area contributed by atoms with Gasteiger partial charge >= 0.3 is 6.09 Å². The van der Waals surface area contributed by atoms with E-state index < -0.39 is 11.1 Å². The van der Waals surface area contributed by atoms with Crippen LogP contribution in [0.4, 0.5) is 16.4 Å². The van der Waals surface area contributed by atoms with Crippen molar-refractivity contribution in [1.82, 2.24) is 29.2 Å². The lowest BCUT2D eigenvalue weighted by Crippen LogP contribution is -2.44. The van der Waals surface area contributed by atoms with Gasteiger partial charge in [-0.25, -0.2) is 30.7 Å². The van der Waals surface area contributed by atoms with E-state index >= 15 is 0 Å². The van der Waals surface area contributed by atoms with E-state index in [1.165, 1.54) is 5.56 Å². The number of pyridine rings is 1. The molecule has 0 radical (unpaired) electrons. The van der Waals surface area contributed by atoms with Gasteiger partial charge in [-0.3, -0.25) is 4.79 Å². The number of carbonyl (C=O) groups excluding carboxylic acids is 1. The first-order chi connectivity index (χ1) is 20.5. The fraction of sp³-hybridized carbons (Fsp3) is 0.438. The number of amides is 1.